The smallest absolute Gasteiger partial charge is 0.332 e. The molecule has 3 rings (SSSR count). The van der Waals surface area contributed by atoms with Crippen LogP contribution in [0.2, 0.25) is 0 Å². The lowest BCUT2D eigenvalue weighted by Crippen LogP contribution is -2.43. The molecular weight excluding hydrogens is 401 g/mol. The molecule has 0 atom stereocenters. The summed E-state index contributed by atoms with van der Waals surface area (Å²) in [6.45, 7) is 5.22. The fourth-order valence-electron chi connectivity index (χ4n) is 4.46. The van der Waals surface area contributed by atoms with Crippen molar-refractivity contribution in [2.45, 2.75) is 84.3 Å². The van der Waals surface area contributed by atoms with Crippen LogP contribution >= 0.6 is 0 Å². The van der Waals surface area contributed by atoms with Gasteiger partial charge in [-0.15, -0.1) is 0 Å². The number of carbonyl (C=O) groups excluding carboxylic acids is 1. The number of hydrogen-bond acceptors (Lipinski definition) is 5. The van der Waals surface area contributed by atoms with Gasteiger partial charge in [0.1, 0.15) is 12.4 Å². The van der Waals surface area contributed by atoms with Crippen molar-refractivity contribution in [3.05, 3.63) is 38.8 Å². The second kappa shape index (κ2) is 10.1. The molecule has 0 amide bonds. The Bertz CT molecular complexity index is 1050. The third-order valence-corrected chi connectivity index (χ3v) is 6.12. The second-order valence-electron chi connectivity index (χ2n) is 8.15. The Labute approximate surface area is 181 Å². The first-order chi connectivity index (χ1) is 14.9. The summed E-state index contributed by atoms with van der Waals surface area (Å²) in [6, 6.07) is 2.76. The third kappa shape index (κ3) is 4.83. The van der Waals surface area contributed by atoms with Crippen LogP contribution in [0.25, 0.3) is 10.9 Å². The molecule has 0 aliphatic heterocycles. The molecule has 0 radical (unpaired) electrons. The van der Waals surface area contributed by atoms with Crippen LogP contribution in [0.5, 0.6) is 0 Å². The van der Waals surface area contributed by atoms with E-state index in [2.05, 4.69) is 5.32 Å². The fourth-order valence-corrected chi connectivity index (χ4v) is 4.46. The fraction of sp³-hybridized carbons (Fsp3) is 0.609. The molecule has 1 aliphatic carbocycles. The van der Waals surface area contributed by atoms with Gasteiger partial charge in [-0.1, -0.05) is 33.1 Å². The maximum absolute atomic E-state index is 15.0. The summed E-state index contributed by atoms with van der Waals surface area (Å²) in [4.78, 5) is 38.3. The third-order valence-electron chi connectivity index (χ3n) is 6.12. The highest BCUT2D eigenvalue weighted by Crippen LogP contribution is 2.27. The number of anilines is 1. The maximum atomic E-state index is 15.0. The maximum Gasteiger partial charge on any atom is 0.332 e. The second-order valence-corrected chi connectivity index (χ2v) is 8.15. The van der Waals surface area contributed by atoms with E-state index in [1.54, 1.807) is 13.0 Å². The van der Waals surface area contributed by atoms with Gasteiger partial charge in [0.2, 0.25) is 0 Å². The van der Waals surface area contributed by atoms with Crippen LogP contribution in [0, 0.1) is 5.82 Å². The highest BCUT2D eigenvalue weighted by molar-refractivity contribution is 5.83. The number of rotatable bonds is 8. The van der Waals surface area contributed by atoms with E-state index in [1.807, 2.05) is 13.8 Å². The molecule has 0 saturated heterocycles. The van der Waals surface area contributed by atoms with Crippen LogP contribution in [-0.4, -0.2) is 27.8 Å². The van der Waals surface area contributed by atoms with Gasteiger partial charge in [0.05, 0.1) is 23.2 Å². The SMILES string of the molecule is CCOC(=O)Cn1c(=O)c2cc(F)c(NC3CCCCC3)cc2n(C(CC)CC)c1=O. The van der Waals surface area contributed by atoms with Gasteiger partial charge in [-0.05, 0) is 44.7 Å². The number of aromatic nitrogens is 2. The Hall–Kier alpha value is -2.64. The number of benzene rings is 1. The van der Waals surface area contributed by atoms with Crippen LogP contribution in [0.4, 0.5) is 10.1 Å². The molecule has 1 aromatic carbocycles. The van der Waals surface area contributed by atoms with Crippen LogP contribution in [0.3, 0.4) is 0 Å². The molecule has 170 valence electrons. The van der Waals surface area contributed by atoms with E-state index in [9.17, 15) is 18.8 Å². The van der Waals surface area contributed by atoms with Gasteiger partial charge in [-0.25, -0.2) is 13.8 Å². The number of hydrogen-bond donors (Lipinski definition) is 1. The largest absolute Gasteiger partial charge is 0.465 e. The molecule has 31 heavy (non-hydrogen) atoms. The first kappa shape index (κ1) is 23.0. The molecule has 1 aliphatic rings. The summed E-state index contributed by atoms with van der Waals surface area (Å²) in [7, 11) is 0. The number of ether oxygens (including phenoxy) is 1. The van der Waals surface area contributed by atoms with Crippen molar-refractivity contribution in [1.82, 2.24) is 9.13 Å². The predicted octanol–water partition coefficient (Wildman–Crippen LogP) is 3.97. The molecule has 7 nitrogen and oxygen atoms in total. The molecular formula is C23H32FN3O4. The monoisotopic (exact) mass is 433 g/mol. The lowest BCUT2D eigenvalue weighted by molar-refractivity contribution is -0.143. The van der Waals surface area contributed by atoms with Gasteiger partial charge in [-0.2, -0.15) is 0 Å². The Kier molecular flexibility index (Phi) is 7.51. The van der Waals surface area contributed by atoms with Gasteiger partial charge >= 0.3 is 11.7 Å². The van der Waals surface area contributed by atoms with Gasteiger partial charge < -0.3 is 10.1 Å². The topological polar surface area (TPSA) is 82.3 Å². The van der Waals surface area contributed by atoms with E-state index >= 15 is 0 Å². The van der Waals surface area contributed by atoms with Crippen molar-refractivity contribution < 1.29 is 13.9 Å². The standard InChI is InChI=1S/C23H32FN3O4/c1-4-16(5-2)27-20-13-19(25-15-10-8-7-9-11-15)18(24)12-17(20)22(29)26(23(27)30)14-21(28)31-6-3/h12-13,15-16,25H,4-11,14H2,1-3H3. The average Bonchev–Trinajstić information content (AvgIpc) is 2.76. The molecule has 1 saturated carbocycles. The summed E-state index contributed by atoms with van der Waals surface area (Å²) in [5.74, 6) is -1.21. The molecule has 1 heterocycles. The molecule has 1 fully saturated rings. The molecule has 0 unspecified atom stereocenters. The van der Waals surface area contributed by atoms with Gasteiger partial charge in [0.15, 0.2) is 0 Å². The number of fused-ring (bicyclic) bond motifs is 1. The van der Waals surface area contributed by atoms with E-state index in [1.165, 1.54) is 17.1 Å². The van der Waals surface area contributed by atoms with Crippen LogP contribution in [-0.2, 0) is 16.1 Å². The summed E-state index contributed by atoms with van der Waals surface area (Å²) in [5, 5.41) is 3.36. The van der Waals surface area contributed by atoms with Gasteiger partial charge in [0.25, 0.3) is 5.56 Å². The summed E-state index contributed by atoms with van der Waals surface area (Å²) in [6.07, 6.45) is 6.65. The molecule has 1 N–H and O–H groups in total. The molecule has 2 aromatic rings. The highest BCUT2D eigenvalue weighted by atomic mass is 19.1. The number of nitrogens with zero attached hydrogens (tertiary/aromatic N) is 2. The van der Waals surface area contributed by atoms with E-state index < -0.39 is 29.6 Å². The lowest BCUT2D eigenvalue weighted by atomic mass is 9.95. The first-order valence-electron chi connectivity index (χ1n) is 11.3. The minimum Gasteiger partial charge on any atom is -0.465 e. The highest BCUT2D eigenvalue weighted by Gasteiger charge is 2.22. The Morgan fingerprint density at radius 2 is 1.84 bits per heavy atom. The molecule has 1 aromatic heterocycles. The minimum atomic E-state index is -0.682. The zero-order valence-electron chi connectivity index (χ0n) is 18.6. The van der Waals surface area contributed by atoms with E-state index in [0.29, 0.717) is 24.0 Å². The summed E-state index contributed by atoms with van der Waals surface area (Å²) in [5.41, 5.74) is -0.558. The Balaban J connectivity index is 2.19. The number of halogens is 1. The van der Waals surface area contributed by atoms with E-state index in [4.69, 9.17) is 4.74 Å². The molecule has 0 bridgehead atoms. The van der Waals surface area contributed by atoms with Crippen LogP contribution in [0.15, 0.2) is 21.7 Å². The van der Waals surface area contributed by atoms with Crippen molar-refractivity contribution in [3.8, 4) is 0 Å². The van der Waals surface area contributed by atoms with Crippen LogP contribution in [0.1, 0.15) is 71.8 Å². The zero-order chi connectivity index (χ0) is 22.5. The average molecular weight is 434 g/mol. The summed E-state index contributed by atoms with van der Waals surface area (Å²) >= 11 is 0. The first-order valence-corrected chi connectivity index (χ1v) is 11.3. The number of nitrogens with one attached hydrogen (secondary N) is 1. The number of carbonyl (C=O) groups is 1. The van der Waals surface area contributed by atoms with Crippen molar-refractivity contribution in [1.29, 1.82) is 0 Å². The molecule has 0 spiro atoms. The van der Waals surface area contributed by atoms with Gasteiger partial charge in [-0.3, -0.25) is 14.2 Å². The number of esters is 1. The lowest BCUT2D eigenvalue weighted by Gasteiger charge is -2.25. The van der Waals surface area contributed by atoms with Crippen molar-refractivity contribution in [2.75, 3.05) is 11.9 Å². The van der Waals surface area contributed by atoms with E-state index in [-0.39, 0.29) is 24.1 Å². The zero-order valence-corrected chi connectivity index (χ0v) is 18.6. The minimum absolute atomic E-state index is 0.0856. The summed E-state index contributed by atoms with van der Waals surface area (Å²) < 4.78 is 22.3. The molecule has 8 heteroatoms. The van der Waals surface area contributed by atoms with Crippen molar-refractivity contribution in [2.24, 2.45) is 0 Å². The van der Waals surface area contributed by atoms with Crippen LogP contribution < -0.4 is 16.6 Å². The quantitative estimate of drug-likeness (QED) is 0.637. The normalized spacial score (nSPS) is 14.9. The predicted molar refractivity (Wildman–Crippen MR) is 119 cm³/mol. The Morgan fingerprint density at radius 3 is 2.45 bits per heavy atom. The van der Waals surface area contributed by atoms with Gasteiger partial charge in [0, 0.05) is 12.1 Å². The van der Waals surface area contributed by atoms with E-state index in [0.717, 1.165) is 30.3 Å². The van der Waals surface area contributed by atoms with Crippen molar-refractivity contribution in [3.63, 3.8) is 0 Å². The Morgan fingerprint density at radius 1 is 1.16 bits per heavy atom. The van der Waals surface area contributed by atoms with Crippen molar-refractivity contribution >= 4 is 22.6 Å².